The quantitative estimate of drug-likeness (QED) is 0.720. The molecule has 0 spiro atoms. The molecule has 1 aliphatic heterocycles. The predicted octanol–water partition coefficient (Wildman–Crippen LogP) is 2.11. The lowest BCUT2D eigenvalue weighted by Crippen LogP contribution is -2.44. The number of aliphatic carboxylic acids is 1. The third-order valence-electron chi connectivity index (χ3n) is 4.12. The number of piperidine rings is 1. The molecule has 0 radical (unpaired) electrons. The highest BCUT2D eigenvalue weighted by molar-refractivity contribution is 5.78. The van der Waals surface area contributed by atoms with Crippen LogP contribution in [0.25, 0.3) is 0 Å². The molecule has 0 aromatic carbocycles. The van der Waals surface area contributed by atoms with E-state index < -0.39 is 5.97 Å². The Labute approximate surface area is 128 Å². The predicted molar refractivity (Wildman–Crippen MR) is 83.1 cm³/mol. The molecule has 1 atom stereocenters. The maximum absolute atomic E-state index is 12.0. The van der Waals surface area contributed by atoms with E-state index >= 15 is 0 Å². The third-order valence-corrected chi connectivity index (χ3v) is 4.12. The summed E-state index contributed by atoms with van der Waals surface area (Å²) < 4.78 is 0. The molecule has 0 aliphatic carbocycles. The van der Waals surface area contributed by atoms with Crippen LogP contribution in [0.1, 0.15) is 52.9 Å². The number of hydrogen-bond acceptors (Lipinski definition) is 3. The van der Waals surface area contributed by atoms with Gasteiger partial charge in [-0.25, -0.2) is 0 Å². The van der Waals surface area contributed by atoms with Crippen LogP contribution in [0, 0.1) is 11.8 Å². The number of hydrogen-bond donors (Lipinski definition) is 2. The Morgan fingerprint density at radius 3 is 2.33 bits per heavy atom. The van der Waals surface area contributed by atoms with E-state index in [4.69, 9.17) is 5.11 Å². The highest BCUT2D eigenvalue weighted by Crippen LogP contribution is 2.20. The van der Waals surface area contributed by atoms with Crippen LogP contribution in [0.4, 0.5) is 0 Å². The van der Waals surface area contributed by atoms with E-state index in [1.54, 1.807) is 0 Å². The van der Waals surface area contributed by atoms with Crippen molar-refractivity contribution in [3.63, 3.8) is 0 Å². The molecule has 1 aliphatic rings. The number of carbonyl (C=O) groups is 2. The summed E-state index contributed by atoms with van der Waals surface area (Å²) >= 11 is 0. The van der Waals surface area contributed by atoms with Gasteiger partial charge in [-0.3, -0.25) is 14.5 Å². The molecule has 1 amide bonds. The average Bonchev–Trinajstić information content (AvgIpc) is 2.38. The van der Waals surface area contributed by atoms with Gasteiger partial charge in [0.2, 0.25) is 5.91 Å². The van der Waals surface area contributed by atoms with Crippen molar-refractivity contribution >= 4 is 11.9 Å². The van der Waals surface area contributed by atoms with Gasteiger partial charge in [-0.15, -0.1) is 0 Å². The molecule has 0 aromatic heterocycles. The fraction of sp³-hybridized carbons (Fsp3) is 0.875. The molecule has 122 valence electrons. The van der Waals surface area contributed by atoms with Gasteiger partial charge in [-0.1, -0.05) is 13.8 Å². The van der Waals surface area contributed by atoms with Gasteiger partial charge in [0.1, 0.15) is 0 Å². The summed E-state index contributed by atoms with van der Waals surface area (Å²) in [4.78, 5) is 24.8. The summed E-state index contributed by atoms with van der Waals surface area (Å²) in [5.41, 5.74) is 0. The standard InChI is InChI=1S/C16H30N2O3/c1-12(2)4-5-13(3)17-15(19)11-18-8-6-14(7-9-18)10-16(20)21/h12-14H,4-11H2,1-3H3,(H,17,19)(H,20,21). The van der Waals surface area contributed by atoms with Crippen LogP contribution in [0.3, 0.4) is 0 Å². The number of carbonyl (C=O) groups excluding carboxylic acids is 1. The molecule has 0 bridgehead atoms. The zero-order chi connectivity index (χ0) is 15.8. The van der Waals surface area contributed by atoms with Crippen LogP contribution in [-0.4, -0.2) is 47.6 Å². The Morgan fingerprint density at radius 2 is 1.81 bits per heavy atom. The van der Waals surface area contributed by atoms with E-state index in [2.05, 4.69) is 31.0 Å². The largest absolute Gasteiger partial charge is 0.481 e. The Balaban J connectivity index is 2.19. The molecular formula is C16H30N2O3. The molecule has 21 heavy (non-hydrogen) atoms. The second-order valence-electron chi connectivity index (χ2n) is 6.76. The minimum Gasteiger partial charge on any atom is -0.481 e. The van der Waals surface area contributed by atoms with Gasteiger partial charge in [-0.2, -0.15) is 0 Å². The zero-order valence-corrected chi connectivity index (χ0v) is 13.6. The van der Waals surface area contributed by atoms with Crippen molar-refractivity contribution in [3.05, 3.63) is 0 Å². The first-order valence-electron chi connectivity index (χ1n) is 8.10. The Kier molecular flexibility index (Phi) is 7.72. The van der Waals surface area contributed by atoms with Crippen LogP contribution >= 0.6 is 0 Å². The van der Waals surface area contributed by atoms with Crippen molar-refractivity contribution < 1.29 is 14.7 Å². The number of carboxylic acids is 1. The van der Waals surface area contributed by atoms with E-state index in [0.29, 0.717) is 12.5 Å². The Hall–Kier alpha value is -1.10. The smallest absolute Gasteiger partial charge is 0.303 e. The van der Waals surface area contributed by atoms with Crippen LogP contribution < -0.4 is 5.32 Å². The highest BCUT2D eigenvalue weighted by atomic mass is 16.4. The number of carboxylic acid groups (broad SMARTS) is 1. The second kappa shape index (κ2) is 9.03. The fourth-order valence-electron chi connectivity index (χ4n) is 2.77. The maximum atomic E-state index is 12.0. The first-order valence-corrected chi connectivity index (χ1v) is 8.10. The number of nitrogens with zero attached hydrogens (tertiary/aromatic N) is 1. The highest BCUT2D eigenvalue weighted by Gasteiger charge is 2.22. The van der Waals surface area contributed by atoms with Crippen molar-refractivity contribution in [1.82, 2.24) is 10.2 Å². The number of nitrogens with one attached hydrogen (secondary N) is 1. The monoisotopic (exact) mass is 298 g/mol. The Bertz CT molecular complexity index is 336. The van der Waals surface area contributed by atoms with Crippen molar-refractivity contribution in [1.29, 1.82) is 0 Å². The van der Waals surface area contributed by atoms with Crippen LogP contribution in [0.5, 0.6) is 0 Å². The molecule has 1 heterocycles. The molecule has 5 nitrogen and oxygen atoms in total. The SMILES string of the molecule is CC(C)CCC(C)NC(=O)CN1CCC(CC(=O)O)CC1. The van der Waals surface area contributed by atoms with E-state index in [9.17, 15) is 9.59 Å². The summed E-state index contributed by atoms with van der Waals surface area (Å²) in [6.45, 7) is 8.52. The minimum absolute atomic E-state index is 0.0861. The first kappa shape index (κ1) is 18.0. The number of rotatable bonds is 8. The van der Waals surface area contributed by atoms with Gasteiger partial charge in [0.15, 0.2) is 0 Å². The van der Waals surface area contributed by atoms with E-state index in [1.165, 1.54) is 0 Å². The van der Waals surface area contributed by atoms with Crippen molar-refractivity contribution in [2.24, 2.45) is 11.8 Å². The van der Waals surface area contributed by atoms with Gasteiger partial charge in [-0.05, 0) is 57.5 Å². The van der Waals surface area contributed by atoms with Crippen molar-refractivity contribution in [3.8, 4) is 0 Å². The summed E-state index contributed by atoms with van der Waals surface area (Å²) in [5, 5.41) is 11.8. The molecule has 2 N–H and O–H groups in total. The zero-order valence-electron chi connectivity index (χ0n) is 13.6. The molecular weight excluding hydrogens is 268 g/mol. The van der Waals surface area contributed by atoms with Gasteiger partial charge >= 0.3 is 5.97 Å². The normalized spacial score (nSPS) is 18.7. The van der Waals surface area contributed by atoms with Gasteiger partial charge in [0.25, 0.3) is 0 Å². The molecule has 1 unspecified atom stereocenters. The van der Waals surface area contributed by atoms with Gasteiger partial charge < -0.3 is 10.4 Å². The first-order chi connectivity index (χ1) is 9.86. The van der Waals surface area contributed by atoms with Crippen LogP contribution in [0.2, 0.25) is 0 Å². The molecule has 0 saturated carbocycles. The van der Waals surface area contributed by atoms with E-state index in [1.807, 2.05) is 0 Å². The van der Waals surface area contributed by atoms with Crippen molar-refractivity contribution in [2.45, 2.75) is 58.9 Å². The van der Waals surface area contributed by atoms with Crippen LogP contribution in [0.15, 0.2) is 0 Å². The molecule has 1 rings (SSSR count). The summed E-state index contributed by atoms with van der Waals surface area (Å²) in [6, 6.07) is 0.226. The topological polar surface area (TPSA) is 69.6 Å². The lowest BCUT2D eigenvalue weighted by Gasteiger charge is -2.31. The van der Waals surface area contributed by atoms with Gasteiger partial charge in [0, 0.05) is 12.5 Å². The van der Waals surface area contributed by atoms with E-state index in [-0.39, 0.29) is 24.3 Å². The third kappa shape index (κ3) is 8.05. The number of amides is 1. The summed E-state index contributed by atoms with van der Waals surface area (Å²) in [6.07, 6.45) is 4.16. The maximum Gasteiger partial charge on any atom is 0.303 e. The summed E-state index contributed by atoms with van der Waals surface area (Å²) in [7, 11) is 0. The lowest BCUT2D eigenvalue weighted by atomic mass is 9.94. The minimum atomic E-state index is -0.717. The average molecular weight is 298 g/mol. The summed E-state index contributed by atoms with van der Waals surface area (Å²) in [5.74, 6) is 0.303. The van der Waals surface area contributed by atoms with Crippen LogP contribution in [-0.2, 0) is 9.59 Å². The molecule has 1 saturated heterocycles. The lowest BCUT2D eigenvalue weighted by molar-refractivity contribution is -0.138. The second-order valence-corrected chi connectivity index (χ2v) is 6.76. The van der Waals surface area contributed by atoms with E-state index in [0.717, 1.165) is 38.8 Å². The fourth-order valence-corrected chi connectivity index (χ4v) is 2.77. The van der Waals surface area contributed by atoms with Crippen molar-refractivity contribution in [2.75, 3.05) is 19.6 Å². The number of likely N-dealkylation sites (tertiary alicyclic amines) is 1. The molecule has 5 heteroatoms. The molecule has 0 aromatic rings. The van der Waals surface area contributed by atoms with Gasteiger partial charge in [0.05, 0.1) is 6.54 Å². The molecule has 1 fully saturated rings. The Morgan fingerprint density at radius 1 is 1.19 bits per heavy atom.